The van der Waals surface area contributed by atoms with Crippen molar-refractivity contribution >= 4 is 16.8 Å². The number of nitrogens with two attached hydrogens (primary N) is 1. The predicted molar refractivity (Wildman–Crippen MR) is 86.7 cm³/mol. The Labute approximate surface area is 129 Å². The van der Waals surface area contributed by atoms with E-state index in [1.165, 1.54) is 0 Å². The van der Waals surface area contributed by atoms with Crippen molar-refractivity contribution in [3.8, 4) is 0 Å². The highest BCUT2D eigenvalue weighted by Crippen LogP contribution is 2.21. The number of ether oxygens (including phenoxy) is 1. The summed E-state index contributed by atoms with van der Waals surface area (Å²) in [7, 11) is 1.68. The minimum Gasteiger partial charge on any atom is -0.380 e. The number of rotatable bonds is 5. The summed E-state index contributed by atoms with van der Waals surface area (Å²) in [6.07, 6.45) is 0. The molecule has 0 aliphatic rings. The van der Waals surface area contributed by atoms with Gasteiger partial charge < -0.3 is 15.0 Å². The largest absolute Gasteiger partial charge is 0.380 e. The molecule has 4 heteroatoms. The summed E-state index contributed by atoms with van der Waals surface area (Å²) in [4.78, 5) is 11.7. The summed E-state index contributed by atoms with van der Waals surface area (Å²) in [6.45, 7) is 1.21. The third kappa shape index (κ3) is 2.73. The molecule has 0 saturated heterocycles. The van der Waals surface area contributed by atoms with Crippen molar-refractivity contribution in [3.05, 3.63) is 71.4 Å². The van der Waals surface area contributed by atoms with Crippen LogP contribution in [-0.4, -0.2) is 17.6 Å². The van der Waals surface area contributed by atoms with Gasteiger partial charge in [-0.2, -0.15) is 0 Å². The third-order valence-electron chi connectivity index (χ3n) is 3.74. The van der Waals surface area contributed by atoms with Gasteiger partial charge in [0, 0.05) is 24.6 Å². The monoisotopic (exact) mass is 294 g/mol. The molecule has 0 aliphatic carbocycles. The van der Waals surface area contributed by atoms with Gasteiger partial charge in [-0.25, -0.2) is 0 Å². The molecule has 4 nitrogen and oxygen atoms in total. The lowest BCUT2D eigenvalue weighted by Crippen LogP contribution is -2.17. The first-order valence-corrected chi connectivity index (χ1v) is 7.14. The van der Waals surface area contributed by atoms with Crippen molar-refractivity contribution in [3.63, 3.8) is 0 Å². The molecule has 0 atom stereocenters. The van der Waals surface area contributed by atoms with Gasteiger partial charge in [0.15, 0.2) is 0 Å². The van der Waals surface area contributed by atoms with Crippen LogP contribution in [0.15, 0.2) is 54.6 Å². The molecule has 1 amide bonds. The molecule has 0 saturated carbocycles. The summed E-state index contributed by atoms with van der Waals surface area (Å²) in [5.41, 5.74) is 9.30. The number of nitrogens with zero attached hydrogens (tertiary/aromatic N) is 1. The molecule has 0 radical (unpaired) electrons. The number of carbonyl (C=O) groups is 1. The van der Waals surface area contributed by atoms with Crippen molar-refractivity contribution in [2.24, 2.45) is 5.73 Å². The molecule has 0 unspecified atom stereocenters. The van der Waals surface area contributed by atoms with Crippen LogP contribution in [0.3, 0.4) is 0 Å². The Hall–Kier alpha value is -2.59. The fourth-order valence-corrected chi connectivity index (χ4v) is 2.68. The minimum absolute atomic E-state index is 0.410. The van der Waals surface area contributed by atoms with Gasteiger partial charge >= 0.3 is 0 Å². The fraction of sp³-hybridized carbons (Fsp3) is 0.167. The normalized spacial score (nSPS) is 11.0. The van der Waals surface area contributed by atoms with Crippen LogP contribution in [0.1, 0.15) is 21.6 Å². The van der Waals surface area contributed by atoms with E-state index in [1.807, 2.05) is 59.2 Å². The fourth-order valence-electron chi connectivity index (χ4n) is 2.68. The van der Waals surface area contributed by atoms with Crippen LogP contribution in [0.5, 0.6) is 0 Å². The average Bonchev–Trinajstić information content (AvgIpc) is 2.89. The zero-order valence-electron chi connectivity index (χ0n) is 12.5. The zero-order valence-corrected chi connectivity index (χ0v) is 12.5. The second kappa shape index (κ2) is 6.03. The third-order valence-corrected chi connectivity index (χ3v) is 3.74. The summed E-state index contributed by atoms with van der Waals surface area (Å²) < 4.78 is 7.08. The summed E-state index contributed by atoms with van der Waals surface area (Å²) >= 11 is 0. The van der Waals surface area contributed by atoms with Gasteiger partial charge in [0.1, 0.15) is 5.69 Å². The Balaban J connectivity index is 1.98. The zero-order chi connectivity index (χ0) is 15.5. The highest BCUT2D eigenvalue weighted by atomic mass is 16.5. The van der Waals surface area contributed by atoms with Crippen LogP contribution in [-0.2, 0) is 17.9 Å². The summed E-state index contributed by atoms with van der Waals surface area (Å²) in [6, 6.07) is 17.9. The van der Waals surface area contributed by atoms with Crippen molar-refractivity contribution in [2.45, 2.75) is 13.2 Å². The Morgan fingerprint density at radius 1 is 1.09 bits per heavy atom. The lowest BCUT2D eigenvalue weighted by molar-refractivity contribution is 0.0992. The van der Waals surface area contributed by atoms with Crippen LogP contribution in [0.4, 0.5) is 0 Å². The average molecular weight is 294 g/mol. The first-order chi connectivity index (χ1) is 10.7. The molecule has 2 aromatic carbocycles. The van der Waals surface area contributed by atoms with Crippen LogP contribution in [0.25, 0.3) is 10.9 Å². The van der Waals surface area contributed by atoms with E-state index in [9.17, 15) is 4.79 Å². The molecular formula is C18H18N2O2. The molecule has 3 aromatic rings. The quantitative estimate of drug-likeness (QED) is 0.786. The van der Waals surface area contributed by atoms with Gasteiger partial charge in [-0.3, -0.25) is 4.79 Å². The molecule has 22 heavy (non-hydrogen) atoms. The van der Waals surface area contributed by atoms with Gasteiger partial charge in [-0.15, -0.1) is 0 Å². The second-order valence-electron chi connectivity index (χ2n) is 5.29. The van der Waals surface area contributed by atoms with Crippen molar-refractivity contribution < 1.29 is 9.53 Å². The molecule has 0 spiro atoms. The first kappa shape index (κ1) is 14.4. The molecule has 0 aliphatic heterocycles. The van der Waals surface area contributed by atoms with E-state index in [2.05, 4.69) is 0 Å². The molecule has 0 bridgehead atoms. The standard InChI is InChI=1S/C18H18N2O2/c1-22-12-14-8-6-13(7-9-14)11-20-16-5-3-2-4-15(16)10-17(20)18(19)21/h2-10H,11-12H2,1H3,(H2,19,21). The molecule has 3 rings (SSSR count). The molecule has 1 heterocycles. The number of benzene rings is 2. The number of para-hydroxylation sites is 1. The van der Waals surface area contributed by atoms with Crippen LogP contribution >= 0.6 is 0 Å². The Morgan fingerprint density at radius 3 is 2.45 bits per heavy atom. The van der Waals surface area contributed by atoms with Crippen molar-refractivity contribution in [2.75, 3.05) is 7.11 Å². The van der Waals surface area contributed by atoms with E-state index in [0.29, 0.717) is 18.8 Å². The Morgan fingerprint density at radius 2 is 1.77 bits per heavy atom. The highest BCUT2D eigenvalue weighted by Gasteiger charge is 2.13. The summed E-state index contributed by atoms with van der Waals surface area (Å²) in [5.74, 6) is -0.410. The number of fused-ring (bicyclic) bond motifs is 1. The maximum Gasteiger partial charge on any atom is 0.265 e. The van der Waals surface area contributed by atoms with Gasteiger partial charge in [0.05, 0.1) is 6.61 Å². The number of hydrogen-bond acceptors (Lipinski definition) is 2. The van der Waals surface area contributed by atoms with Crippen molar-refractivity contribution in [1.82, 2.24) is 4.57 Å². The second-order valence-corrected chi connectivity index (χ2v) is 5.29. The number of methoxy groups -OCH3 is 1. The Bertz CT molecular complexity index is 804. The molecule has 112 valence electrons. The highest BCUT2D eigenvalue weighted by molar-refractivity contribution is 5.97. The van der Waals surface area contributed by atoms with Crippen LogP contribution in [0.2, 0.25) is 0 Å². The maximum absolute atomic E-state index is 11.7. The van der Waals surface area contributed by atoms with E-state index in [4.69, 9.17) is 10.5 Å². The molecule has 0 fully saturated rings. The summed E-state index contributed by atoms with van der Waals surface area (Å²) in [5, 5.41) is 1.02. The van der Waals surface area contributed by atoms with E-state index >= 15 is 0 Å². The van der Waals surface area contributed by atoms with Crippen molar-refractivity contribution in [1.29, 1.82) is 0 Å². The van der Waals surface area contributed by atoms with Crippen LogP contribution < -0.4 is 5.73 Å². The molecular weight excluding hydrogens is 276 g/mol. The number of aromatic nitrogens is 1. The van der Waals surface area contributed by atoms with E-state index in [0.717, 1.165) is 22.0 Å². The number of amides is 1. The maximum atomic E-state index is 11.7. The number of hydrogen-bond donors (Lipinski definition) is 1. The van der Waals surface area contributed by atoms with E-state index in [1.54, 1.807) is 7.11 Å². The van der Waals surface area contributed by atoms with Gasteiger partial charge in [-0.1, -0.05) is 42.5 Å². The van der Waals surface area contributed by atoms with E-state index < -0.39 is 5.91 Å². The van der Waals surface area contributed by atoms with Crippen LogP contribution in [0, 0.1) is 0 Å². The van der Waals surface area contributed by atoms with Gasteiger partial charge in [-0.05, 0) is 23.3 Å². The smallest absolute Gasteiger partial charge is 0.265 e. The Kier molecular flexibility index (Phi) is 3.94. The SMILES string of the molecule is COCc1ccc(Cn2c(C(N)=O)cc3ccccc32)cc1. The van der Waals surface area contributed by atoms with E-state index in [-0.39, 0.29) is 0 Å². The number of carbonyl (C=O) groups excluding carboxylic acids is 1. The first-order valence-electron chi connectivity index (χ1n) is 7.14. The van der Waals surface area contributed by atoms with Gasteiger partial charge in [0.25, 0.3) is 5.91 Å². The number of primary amides is 1. The topological polar surface area (TPSA) is 57.2 Å². The lowest BCUT2D eigenvalue weighted by atomic mass is 10.1. The lowest BCUT2D eigenvalue weighted by Gasteiger charge is -2.10. The van der Waals surface area contributed by atoms with Gasteiger partial charge in [0.2, 0.25) is 0 Å². The predicted octanol–water partition coefficient (Wildman–Crippen LogP) is 2.93. The molecule has 2 N–H and O–H groups in total. The molecule has 1 aromatic heterocycles. The minimum atomic E-state index is -0.410.